The van der Waals surface area contributed by atoms with Crippen molar-refractivity contribution in [1.29, 1.82) is 10.5 Å². The first-order valence-corrected chi connectivity index (χ1v) is 21.9. The number of anilines is 6. The standard InChI is InChI=1S/C16H20FN3O4S.C15H14ClFN4O.C15H14F2N4O/c1-5-22-14-15(18-9-19-16(14)23-10(2)3)20-13-7-6-11(8-12(13)17)25-24-21-4;2*1-8(2)22-15-13(17)14(19-7-20-15)21-12-5-4-11(16)9(3)10(12)6-18/h6-10H,5H2,1-4H3,(H,18,19,20);2*4-5,7-8H,1-3H3,(H,19,20,21). The van der Waals surface area contributed by atoms with Crippen LogP contribution < -0.4 is 34.9 Å². The predicted molar refractivity (Wildman–Crippen MR) is 251 cm³/mol. The van der Waals surface area contributed by atoms with Crippen molar-refractivity contribution in [2.75, 3.05) is 29.7 Å². The minimum absolute atomic E-state index is 0.0659. The van der Waals surface area contributed by atoms with Crippen LogP contribution in [0.25, 0.3) is 0 Å². The quantitative estimate of drug-likeness (QED) is 0.0335. The molecule has 0 bridgehead atoms. The van der Waals surface area contributed by atoms with Crippen LogP contribution in [0.5, 0.6) is 23.4 Å². The highest BCUT2D eigenvalue weighted by Crippen LogP contribution is 2.36. The average molecular weight is 994 g/mol. The Labute approximate surface area is 405 Å². The second-order valence-corrected chi connectivity index (χ2v) is 15.9. The van der Waals surface area contributed by atoms with E-state index in [0.717, 1.165) is 18.4 Å². The molecule has 0 saturated heterocycles. The third kappa shape index (κ3) is 15.4. The summed E-state index contributed by atoms with van der Waals surface area (Å²) in [6.07, 6.45) is 3.11. The molecule has 6 aromatic rings. The third-order valence-electron chi connectivity index (χ3n) is 8.54. The zero-order valence-corrected chi connectivity index (χ0v) is 40.6. The fraction of sp³-hybridized carbons (Fsp3) is 0.304. The van der Waals surface area contributed by atoms with Gasteiger partial charge in [-0.2, -0.15) is 38.6 Å². The molecule has 69 heavy (non-hydrogen) atoms. The van der Waals surface area contributed by atoms with Crippen LogP contribution in [0.1, 0.15) is 70.7 Å². The number of ether oxygens (including phenoxy) is 4. The zero-order chi connectivity index (χ0) is 50.8. The molecule has 3 aromatic heterocycles. The maximum absolute atomic E-state index is 14.3. The molecule has 0 spiro atoms. The second kappa shape index (κ2) is 26.3. The molecule has 23 heteroatoms. The molecule has 364 valence electrons. The Morgan fingerprint density at radius 3 is 1.58 bits per heavy atom. The van der Waals surface area contributed by atoms with Crippen LogP contribution in [-0.2, 0) is 9.22 Å². The second-order valence-electron chi connectivity index (χ2n) is 14.7. The molecule has 3 aromatic carbocycles. The van der Waals surface area contributed by atoms with E-state index in [-0.39, 0.29) is 64.2 Å². The lowest BCUT2D eigenvalue weighted by molar-refractivity contribution is -0.160. The Balaban J connectivity index is 0.000000226. The van der Waals surface area contributed by atoms with Crippen molar-refractivity contribution in [2.45, 2.75) is 85.5 Å². The number of benzene rings is 3. The van der Waals surface area contributed by atoms with Crippen molar-refractivity contribution >= 4 is 58.2 Å². The summed E-state index contributed by atoms with van der Waals surface area (Å²) < 4.78 is 82.8. The fourth-order valence-corrected chi connectivity index (χ4v) is 6.07. The van der Waals surface area contributed by atoms with Gasteiger partial charge in [0.15, 0.2) is 17.5 Å². The van der Waals surface area contributed by atoms with Gasteiger partial charge in [0.25, 0.3) is 17.6 Å². The summed E-state index contributed by atoms with van der Waals surface area (Å²) in [4.78, 5) is 28.4. The number of hydrogen-bond acceptors (Lipinski definition) is 18. The van der Waals surface area contributed by atoms with Crippen molar-refractivity contribution in [3.05, 3.63) is 112 Å². The summed E-state index contributed by atoms with van der Waals surface area (Å²) in [5, 5.41) is 27.2. The lowest BCUT2D eigenvalue weighted by Crippen LogP contribution is -2.11. The van der Waals surface area contributed by atoms with Crippen LogP contribution in [0.15, 0.2) is 66.3 Å². The third-order valence-corrected chi connectivity index (χ3v) is 9.60. The Morgan fingerprint density at radius 1 is 0.623 bits per heavy atom. The van der Waals surface area contributed by atoms with Gasteiger partial charge in [-0.25, -0.2) is 28.6 Å². The van der Waals surface area contributed by atoms with Crippen LogP contribution in [0, 0.1) is 59.8 Å². The molecule has 0 radical (unpaired) electrons. The molecule has 0 aliphatic heterocycles. The van der Waals surface area contributed by atoms with Gasteiger partial charge in [-0.15, -0.1) is 0 Å². The van der Waals surface area contributed by atoms with Crippen molar-refractivity contribution in [3.63, 3.8) is 0 Å². The molecule has 0 atom stereocenters. The molecule has 0 saturated carbocycles. The molecular weight excluding hydrogens is 946 g/mol. The number of nitriles is 2. The predicted octanol–water partition coefficient (Wildman–Crippen LogP) is 11.6. The Hall–Kier alpha value is -7.24. The summed E-state index contributed by atoms with van der Waals surface area (Å²) in [5.41, 5.74) is 2.12. The van der Waals surface area contributed by atoms with E-state index in [1.54, 1.807) is 58.9 Å². The van der Waals surface area contributed by atoms with E-state index < -0.39 is 23.3 Å². The SMILES string of the molecule is CCOc1c(Nc2ccc(SOOC)cc2F)ncnc1OC(C)C.Cc1c(Cl)ccc(Nc2ncnc(OC(C)C)c2F)c1C#N.Cc1c(F)ccc(Nc2ncnc(OC(C)C)c2F)c1C#N. The monoisotopic (exact) mass is 993 g/mol. The first-order valence-electron chi connectivity index (χ1n) is 20.8. The van der Waals surface area contributed by atoms with Crippen LogP contribution in [0.2, 0.25) is 5.02 Å². The van der Waals surface area contributed by atoms with E-state index >= 15 is 0 Å². The van der Waals surface area contributed by atoms with Crippen molar-refractivity contribution in [3.8, 4) is 35.5 Å². The largest absolute Gasteiger partial charge is 0.486 e. The number of nitrogens with zero attached hydrogens (tertiary/aromatic N) is 8. The lowest BCUT2D eigenvalue weighted by atomic mass is 10.1. The van der Waals surface area contributed by atoms with E-state index in [1.807, 2.05) is 32.9 Å². The molecule has 0 fully saturated rings. The number of nitrogens with one attached hydrogen (secondary N) is 3. The van der Waals surface area contributed by atoms with Crippen LogP contribution in [0.3, 0.4) is 0 Å². The van der Waals surface area contributed by atoms with Crippen molar-refractivity contribution in [2.24, 2.45) is 0 Å². The van der Waals surface area contributed by atoms with Crippen LogP contribution in [0.4, 0.5) is 52.1 Å². The molecule has 0 amide bonds. The summed E-state index contributed by atoms with van der Waals surface area (Å²) in [6, 6.07) is 14.3. The Kier molecular flexibility index (Phi) is 20.8. The normalized spacial score (nSPS) is 10.6. The Morgan fingerprint density at radius 2 is 1.09 bits per heavy atom. The minimum atomic E-state index is -0.776. The van der Waals surface area contributed by atoms with Gasteiger partial charge in [0, 0.05) is 15.5 Å². The molecular formula is C46H48ClF4N11O6S. The maximum Gasteiger partial charge on any atom is 0.262 e. The summed E-state index contributed by atoms with van der Waals surface area (Å²) in [5.74, 6) is -2.06. The van der Waals surface area contributed by atoms with Gasteiger partial charge in [0.1, 0.15) is 42.8 Å². The first kappa shape index (κ1) is 54.4. The van der Waals surface area contributed by atoms with Gasteiger partial charge in [-0.05, 0) is 110 Å². The molecule has 0 aliphatic carbocycles. The van der Waals surface area contributed by atoms with Gasteiger partial charge in [0.05, 0.1) is 72.3 Å². The van der Waals surface area contributed by atoms with Gasteiger partial charge in [0.2, 0.25) is 17.4 Å². The van der Waals surface area contributed by atoms with Gasteiger partial charge in [-0.3, -0.25) is 0 Å². The van der Waals surface area contributed by atoms with Gasteiger partial charge in [-0.1, -0.05) is 11.6 Å². The summed E-state index contributed by atoms with van der Waals surface area (Å²) in [7, 11) is 1.38. The van der Waals surface area contributed by atoms with Crippen LogP contribution >= 0.6 is 23.6 Å². The van der Waals surface area contributed by atoms with Crippen molar-refractivity contribution in [1.82, 2.24) is 29.9 Å². The average Bonchev–Trinajstić information content (AvgIpc) is 3.30. The molecule has 0 unspecified atom stereocenters. The highest BCUT2D eigenvalue weighted by atomic mass is 35.5. The molecule has 17 nitrogen and oxygen atoms in total. The van der Waals surface area contributed by atoms with Gasteiger partial charge < -0.3 is 34.9 Å². The molecule has 0 aliphatic rings. The lowest BCUT2D eigenvalue weighted by Gasteiger charge is -2.16. The minimum Gasteiger partial charge on any atom is -0.486 e. The van der Waals surface area contributed by atoms with E-state index in [2.05, 4.69) is 50.7 Å². The van der Waals surface area contributed by atoms with E-state index in [9.17, 15) is 22.8 Å². The molecule has 3 heterocycles. The Bertz CT molecular complexity index is 2660. The number of hydrogen-bond donors (Lipinski definition) is 3. The molecule has 3 N–H and O–H groups in total. The summed E-state index contributed by atoms with van der Waals surface area (Å²) in [6.45, 7) is 16.2. The van der Waals surface area contributed by atoms with Gasteiger partial charge >= 0.3 is 0 Å². The number of halogens is 5. The molecule has 6 rings (SSSR count). The highest BCUT2D eigenvalue weighted by molar-refractivity contribution is 7.94. The summed E-state index contributed by atoms with van der Waals surface area (Å²) >= 11 is 6.89. The first-order chi connectivity index (χ1) is 32.9. The number of rotatable bonds is 17. The van der Waals surface area contributed by atoms with Crippen molar-refractivity contribution < 1.29 is 45.7 Å². The zero-order valence-electron chi connectivity index (χ0n) is 39.0. The van der Waals surface area contributed by atoms with E-state index in [0.29, 0.717) is 50.8 Å². The topological polar surface area (TPSA) is 216 Å². The number of aromatic nitrogens is 6. The smallest absolute Gasteiger partial charge is 0.262 e. The highest BCUT2D eigenvalue weighted by Gasteiger charge is 2.20. The van der Waals surface area contributed by atoms with Crippen LogP contribution in [-0.4, -0.2) is 61.9 Å². The maximum atomic E-state index is 14.3. The van der Waals surface area contributed by atoms with E-state index in [4.69, 9.17) is 40.1 Å². The van der Waals surface area contributed by atoms with E-state index in [1.165, 1.54) is 44.9 Å². The fourth-order valence-electron chi connectivity index (χ4n) is 5.49.